The molecule has 9 nitrogen and oxygen atoms in total. The molecule has 4 rings (SSSR count). The van der Waals surface area contributed by atoms with Crippen LogP contribution in [0, 0.1) is 15.9 Å². The van der Waals surface area contributed by atoms with Crippen molar-refractivity contribution >= 4 is 23.0 Å². The third-order valence-corrected chi connectivity index (χ3v) is 4.53. The smallest absolute Gasteiger partial charge is 0.277 e. The van der Waals surface area contributed by atoms with Crippen molar-refractivity contribution in [2.45, 2.75) is 0 Å². The van der Waals surface area contributed by atoms with Crippen LogP contribution in [0.5, 0.6) is 0 Å². The minimum Gasteiger partial charge on any atom is -0.397 e. The van der Waals surface area contributed by atoms with Gasteiger partial charge in [-0.2, -0.15) is 0 Å². The van der Waals surface area contributed by atoms with E-state index in [-0.39, 0.29) is 17.2 Å². The van der Waals surface area contributed by atoms with Gasteiger partial charge in [0.2, 0.25) is 0 Å². The molecule has 0 saturated heterocycles. The molecule has 0 radical (unpaired) electrons. The molecule has 1 heterocycles. The van der Waals surface area contributed by atoms with Crippen molar-refractivity contribution in [3.63, 3.8) is 0 Å². The molecule has 0 bridgehead atoms. The Balaban J connectivity index is 1.54. The molecule has 0 saturated carbocycles. The number of carbonyl (C=O) groups is 1. The monoisotopic (exact) mass is 418 g/mol. The molecule has 0 unspecified atom stereocenters. The van der Waals surface area contributed by atoms with Crippen LogP contribution < -0.4 is 11.1 Å². The molecule has 0 aliphatic rings. The van der Waals surface area contributed by atoms with E-state index < -0.39 is 10.8 Å². The van der Waals surface area contributed by atoms with Gasteiger partial charge in [0, 0.05) is 12.1 Å². The summed E-state index contributed by atoms with van der Waals surface area (Å²) in [7, 11) is 0. The van der Waals surface area contributed by atoms with Gasteiger partial charge >= 0.3 is 0 Å². The Bertz CT molecular complexity index is 1270. The highest BCUT2D eigenvalue weighted by atomic mass is 19.1. The largest absolute Gasteiger partial charge is 0.397 e. The van der Waals surface area contributed by atoms with E-state index in [2.05, 4.69) is 15.6 Å². The molecule has 0 aliphatic heterocycles. The number of aromatic nitrogens is 3. The second-order valence-electron chi connectivity index (χ2n) is 6.58. The van der Waals surface area contributed by atoms with Gasteiger partial charge in [0.05, 0.1) is 28.2 Å². The number of non-ortho nitro benzene ring substituents is 1. The van der Waals surface area contributed by atoms with E-state index in [9.17, 15) is 19.3 Å². The van der Waals surface area contributed by atoms with Gasteiger partial charge < -0.3 is 11.1 Å². The van der Waals surface area contributed by atoms with Crippen LogP contribution in [0.4, 0.5) is 21.5 Å². The lowest BCUT2D eigenvalue weighted by atomic mass is 10.0. The number of benzene rings is 3. The summed E-state index contributed by atoms with van der Waals surface area (Å²) in [4.78, 5) is 22.9. The van der Waals surface area contributed by atoms with Gasteiger partial charge in [-0.25, -0.2) is 9.07 Å². The van der Waals surface area contributed by atoms with Crippen LogP contribution in [0.25, 0.3) is 16.8 Å². The van der Waals surface area contributed by atoms with Crippen molar-refractivity contribution in [1.82, 2.24) is 15.0 Å². The molecule has 10 heteroatoms. The summed E-state index contributed by atoms with van der Waals surface area (Å²) in [6, 6.07) is 16.7. The fourth-order valence-corrected chi connectivity index (χ4v) is 2.89. The van der Waals surface area contributed by atoms with Gasteiger partial charge in [0.15, 0.2) is 5.69 Å². The molecule has 154 valence electrons. The zero-order valence-electron chi connectivity index (χ0n) is 15.9. The van der Waals surface area contributed by atoms with Gasteiger partial charge in [-0.3, -0.25) is 14.9 Å². The summed E-state index contributed by atoms with van der Waals surface area (Å²) in [6.45, 7) is 0. The summed E-state index contributed by atoms with van der Waals surface area (Å²) in [5.74, 6) is -0.875. The number of rotatable bonds is 5. The SMILES string of the molecule is Nc1ccc(-c2ccc(F)cc2)cc1NC(=O)c1cn(-c2ccc([N+](=O)[O-])cc2)nn1. The fourth-order valence-electron chi connectivity index (χ4n) is 2.89. The molecule has 3 aromatic carbocycles. The summed E-state index contributed by atoms with van der Waals surface area (Å²) < 4.78 is 14.5. The minimum atomic E-state index is -0.531. The van der Waals surface area contributed by atoms with Gasteiger partial charge in [0.25, 0.3) is 11.6 Å². The van der Waals surface area contributed by atoms with Gasteiger partial charge in [0.1, 0.15) is 5.82 Å². The Morgan fingerprint density at radius 3 is 2.39 bits per heavy atom. The number of anilines is 2. The van der Waals surface area contributed by atoms with Gasteiger partial charge in [-0.1, -0.05) is 23.4 Å². The lowest BCUT2D eigenvalue weighted by molar-refractivity contribution is -0.384. The highest BCUT2D eigenvalue weighted by Gasteiger charge is 2.14. The molecule has 0 atom stereocenters. The first-order chi connectivity index (χ1) is 14.9. The summed E-state index contributed by atoms with van der Waals surface area (Å²) in [5, 5.41) is 21.2. The van der Waals surface area contributed by atoms with Crippen LogP contribution in [0.15, 0.2) is 72.9 Å². The van der Waals surface area contributed by atoms with Crippen LogP contribution in [0.3, 0.4) is 0 Å². The number of nitrogens with two attached hydrogens (primary N) is 1. The van der Waals surface area contributed by atoms with Crippen LogP contribution in [-0.2, 0) is 0 Å². The van der Waals surface area contributed by atoms with Crippen molar-refractivity contribution in [2.24, 2.45) is 0 Å². The van der Waals surface area contributed by atoms with Crippen molar-refractivity contribution < 1.29 is 14.1 Å². The Morgan fingerprint density at radius 1 is 1.03 bits per heavy atom. The lowest BCUT2D eigenvalue weighted by Gasteiger charge is -2.10. The predicted octanol–water partition coefficient (Wildman–Crippen LogP) is 3.82. The normalized spacial score (nSPS) is 10.6. The van der Waals surface area contributed by atoms with Crippen molar-refractivity contribution in [1.29, 1.82) is 0 Å². The number of hydrogen-bond donors (Lipinski definition) is 2. The quantitative estimate of drug-likeness (QED) is 0.288. The van der Waals surface area contributed by atoms with E-state index in [0.717, 1.165) is 11.1 Å². The third kappa shape index (κ3) is 4.22. The number of carbonyl (C=O) groups excluding carboxylic acids is 1. The van der Waals surface area contributed by atoms with Gasteiger partial charge in [-0.05, 0) is 47.5 Å². The Kier molecular flexibility index (Phi) is 5.10. The van der Waals surface area contributed by atoms with E-state index in [4.69, 9.17) is 5.73 Å². The van der Waals surface area contributed by atoms with E-state index in [1.807, 2.05) is 0 Å². The molecule has 0 spiro atoms. The third-order valence-electron chi connectivity index (χ3n) is 4.53. The number of nitro groups is 1. The zero-order valence-corrected chi connectivity index (χ0v) is 15.9. The molecule has 0 aliphatic carbocycles. The number of nitrogens with one attached hydrogen (secondary N) is 1. The molecular weight excluding hydrogens is 403 g/mol. The van der Waals surface area contributed by atoms with Crippen LogP contribution in [-0.4, -0.2) is 25.8 Å². The number of amides is 1. The lowest BCUT2D eigenvalue weighted by Crippen LogP contribution is -2.13. The van der Waals surface area contributed by atoms with Crippen LogP contribution >= 0.6 is 0 Å². The van der Waals surface area contributed by atoms with E-state index >= 15 is 0 Å². The van der Waals surface area contributed by atoms with E-state index in [0.29, 0.717) is 17.1 Å². The first-order valence-electron chi connectivity index (χ1n) is 9.05. The first-order valence-corrected chi connectivity index (χ1v) is 9.05. The van der Waals surface area contributed by atoms with E-state index in [1.54, 1.807) is 30.3 Å². The van der Waals surface area contributed by atoms with Crippen molar-refractivity contribution in [3.05, 3.63) is 94.6 Å². The summed E-state index contributed by atoms with van der Waals surface area (Å²) >= 11 is 0. The first kappa shape index (κ1) is 19.7. The molecule has 3 N–H and O–H groups in total. The topological polar surface area (TPSA) is 129 Å². The minimum absolute atomic E-state index is 0.0324. The average molecular weight is 418 g/mol. The molecule has 1 amide bonds. The highest BCUT2D eigenvalue weighted by Crippen LogP contribution is 2.28. The van der Waals surface area contributed by atoms with Crippen molar-refractivity contribution in [2.75, 3.05) is 11.1 Å². The molecule has 31 heavy (non-hydrogen) atoms. The molecule has 0 fully saturated rings. The molecule has 4 aromatic rings. The number of nitrogens with zero attached hydrogens (tertiary/aromatic N) is 4. The summed E-state index contributed by atoms with van der Waals surface area (Å²) in [5.41, 5.74) is 8.70. The van der Waals surface area contributed by atoms with E-state index in [1.165, 1.54) is 47.3 Å². The number of halogens is 1. The molecule has 1 aromatic heterocycles. The standard InChI is InChI=1S/C21H15FN6O3/c22-15-4-1-13(2-5-15)14-3-10-18(23)19(11-14)24-21(29)20-12-27(26-25-20)16-6-8-17(9-7-16)28(30)31/h1-12H,23H2,(H,24,29). The molecular formula is C21H15FN6O3. The Hall–Kier alpha value is -4.60. The van der Waals surface area contributed by atoms with Crippen LogP contribution in [0.2, 0.25) is 0 Å². The second kappa shape index (κ2) is 8.03. The van der Waals surface area contributed by atoms with Crippen LogP contribution in [0.1, 0.15) is 10.5 Å². The maximum absolute atomic E-state index is 13.2. The Labute approximate surface area is 175 Å². The van der Waals surface area contributed by atoms with Crippen molar-refractivity contribution in [3.8, 4) is 16.8 Å². The summed E-state index contributed by atoms with van der Waals surface area (Å²) in [6.07, 6.45) is 1.40. The predicted molar refractivity (Wildman–Crippen MR) is 112 cm³/mol. The average Bonchev–Trinajstić information content (AvgIpc) is 3.26. The fraction of sp³-hybridized carbons (Fsp3) is 0. The zero-order chi connectivity index (χ0) is 22.0. The Morgan fingerprint density at radius 2 is 1.71 bits per heavy atom. The van der Waals surface area contributed by atoms with Gasteiger partial charge in [-0.15, -0.1) is 5.10 Å². The number of nitro benzene ring substituents is 1. The highest BCUT2D eigenvalue weighted by molar-refractivity contribution is 6.04. The number of nitrogen functional groups attached to an aromatic ring is 1. The maximum Gasteiger partial charge on any atom is 0.277 e. The number of hydrogen-bond acceptors (Lipinski definition) is 6. The maximum atomic E-state index is 13.2. The second-order valence-corrected chi connectivity index (χ2v) is 6.58.